The molecule has 6 nitrogen and oxygen atoms in total. The van der Waals surface area contributed by atoms with Gasteiger partial charge in [0.05, 0.1) is 0 Å². The Morgan fingerprint density at radius 2 is 1.90 bits per heavy atom. The first-order chi connectivity index (χ1) is 9.36. The zero-order valence-electron chi connectivity index (χ0n) is 13.0. The molecule has 0 aromatic carbocycles. The maximum atomic E-state index is 11.7. The molecule has 20 heavy (non-hydrogen) atoms. The standard InChI is InChI=1S/C13H25N5OS/c1-6-18(7-2)9-8-14-11(19)15-12-17-16-10(20-12)13(3,4)5/h6-9H2,1-5H3,(H2,14,15,17,19). The third-order valence-corrected chi connectivity index (χ3v) is 4.16. The molecular weight excluding hydrogens is 274 g/mol. The van der Waals surface area contributed by atoms with E-state index in [1.54, 1.807) is 0 Å². The molecule has 1 rings (SSSR count). The molecule has 0 fully saturated rings. The summed E-state index contributed by atoms with van der Waals surface area (Å²) in [6.07, 6.45) is 0. The quantitative estimate of drug-likeness (QED) is 0.845. The van der Waals surface area contributed by atoms with Crippen LogP contribution in [-0.2, 0) is 5.41 Å². The fraction of sp³-hybridized carbons (Fsp3) is 0.769. The Balaban J connectivity index is 2.37. The van der Waals surface area contributed by atoms with Crippen LogP contribution < -0.4 is 10.6 Å². The van der Waals surface area contributed by atoms with Gasteiger partial charge < -0.3 is 10.2 Å². The van der Waals surface area contributed by atoms with Crippen LogP contribution in [0.3, 0.4) is 0 Å². The number of amides is 2. The van der Waals surface area contributed by atoms with Crippen LogP contribution in [0.1, 0.15) is 39.6 Å². The summed E-state index contributed by atoms with van der Waals surface area (Å²) in [6, 6.07) is -0.228. The molecule has 2 N–H and O–H groups in total. The molecule has 0 aliphatic heterocycles. The lowest BCUT2D eigenvalue weighted by Gasteiger charge is -2.17. The van der Waals surface area contributed by atoms with Crippen LogP contribution in [-0.4, -0.2) is 47.3 Å². The third-order valence-electron chi connectivity index (χ3n) is 2.90. The van der Waals surface area contributed by atoms with Crippen molar-refractivity contribution in [3.05, 3.63) is 5.01 Å². The first-order valence-corrected chi connectivity index (χ1v) is 7.79. The van der Waals surface area contributed by atoms with Crippen molar-refractivity contribution >= 4 is 22.5 Å². The number of anilines is 1. The van der Waals surface area contributed by atoms with Gasteiger partial charge in [-0.15, -0.1) is 10.2 Å². The highest BCUT2D eigenvalue weighted by Crippen LogP contribution is 2.27. The molecule has 0 radical (unpaired) electrons. The highest BCUT2D eigenvalue weighted by atomic mass is 32.1. The molecule has 0 saturated heterocycles. The number of carbonyl (C=O) groups is 1. The van der Waals surface area contributed by atoms with Crippen molar-refractivity contribution in [1.82, 2.24) is 20.4 Å². The Kier molecular flexibility index (Phi) is 6.35. The fourth-order valence-corrected chi connectivity index (χ4v) is 2.38. The predicted octanol–water partition coefficient (Wildman–Crippen LogP) is 2.30. The monoisotopic (exact) mass is 299 g/mol. The summed E-state index contributed by atoms with van der Waals surface area (Å²) in [4.78, 5) is 14.0. The molecule has 0 saturated carbocycles. The normalized spacial score (nSPS) is 11.7. The minimum Gasteiger partial charge on any atom is -0.337 e. The van der Waals surface area contributed by atoms with E-state index in [9.17, 15) is 4.79 Å². The molecule has 1 aromatic rings. The lowest BCUT2D eigenvalue weighted by molar-refractivity contribution is 0.248. The number of likely N-dealkylation sites (N-methyl/N-ethyl adjacent to an activating group) is 1. The number of hydrogen-bond acceptors (Lipinski definition) is 5. The Hall–Kier alpha value is -1.21. The Labute approximate surface area is 125 Å². The average Bonchev–Trinajstić information content (AvgIpc) is 2.83. The number of aromatic nitrogens is 2. The summed E-state index contributed by atoms with van der Waals surface area (Å²) >= 11 is 1.41. The summed E-state index contributed by atoms with van der Waals surface area (Å²) in [6.45, 7) is 13.9. The van der Waals surface area contributed by atoms with E-state index >= 15 is 0 Å². The second kappa shape index (κ2) is 7.54. The van der Waals surface area contributed by atoms with E-state index in [2.05, 4.69) is 60.3 Å². The SMILES string of the molecule is CCN(CC)CCNC(=O)Nc1nnc(C(C)(C)C)s1. The van der Waals surface area contributed by atoms with E-state index < -0.39 is 0 Å². The smallest absolute Gasteiger partial charge is 0.321 e. The van der Waals surface area contributed by atoms with E-state index in [-0.39, 0.29) is 11.4 Å². The number of urea groups is 1. The first kappa shape index (κ1) is 16.8. The van der Waals surface area contributed by atoms with Gasteiger partial charge in [-0.05, 0) is 13.1 Å². The van der Waals surface area contributed by atoms with Gasteiger partial charge in [-0.1, -0.05) is 46.0 Å². The van der Waals surface area contributed by atoms with E-state index in [1.807, 2.05) is 0 Å². The topological polar surface area (TPSA) is 70.2 Å². The lowest BCUT2D eigenvalue weighted by atomic mass is 9.98. The molecule has 1 aromatic heterocycles. The van der Waals surface area contributed by atoms with Crippen LogP contribution >= 0.6 is 11.3 Å². The van der Waals surface area contributed by atoms with Gasteiger partial charge in [-0.25, -0.2) is 4.79 Å². The predicted molar refractivity (Wildman–Crippen MR) is 83.4 cm³/mol. The second-order valence-electron chi connectivity index (χ2n) is 5.57. The molecule has 2 amide bonds. The zero-order valence-corrected chi connectivity index (χ0v) is 13.8. The summed E-state index contributed by atoms with van der Waals surface area (Å²) in [7, 11) is 0. The number of carbonyl (C=O) groups excluding carboxylic acids is 1. The van der Waals surface area contributed by atoms with Crippen LogP contribution in [0.5, 0.6) is 0 Å². The molecule has 0 atom stereocenters. The van der Waals surface area contributed by atoms with Crippen molar-refractivity contribution in [2.24, 2.45) is 0 Å². The van der Waals surface area contributed by atoms with E-state index in [0.717, 1.165) is 24.6 Å². The second-order valence-corrected chi connectivity index (χ2v) is 6.55. The summed E-state index contributed by atoms with van der Waals surface area (Å²) in [5, 5.41) is 15.1. The molecule has 7 heteroatoms. The van der Waals surface area contributed by atoms with Crippen LogP contribution in [0, 0.1) is 0 Å². The highest BCUT2D eigenvalue weighted by Gasteiger charge is 2.19. The van der Waals surface area contributed by atoms with Crippen LogP contribution in [0.4, 0.5) is 9.93 Å². The van der Waals surface area contributed by atoms with E-state index in [1.165, 1.54) is 11.3 Å². The van der Waals surface area contributed by atoms with Gasteiger partial charge in [0.2, 0.25) is 5.13 Å². The number of rotatable bonds is 6. The third kappa shape index (κ3) is 5.42. The van der Waals surface area contributed by atoms with Gasteiger partial charge in [0.15, 0.2) is 0 Å². The minimum atomic E-state index is -0.228. The molecule has 0 spiro atoms. The van der Waals surface area contributed by atoms with Crippen molar-refractivity contribution in [3.63, 3.8) is 0 Å². The molecule has 114 valence electrons. The Bertz CT molecular complexity index is 423. The molecule has 0 aliphatic rings. The largest absolute Gasteiger partial charge is 0.337 e. The maximum absolute atomic E-state index is 11.7. The van der Waals surface area contributed by atoms with Crippen molar-refractivity contribution in [3.8, 4) is 0 Å². The molecule has 1 heterocycles. The molecule has 0 unspecified atom stereocenters. The molecule has 0 bridgehead atoms. The van der Waals surface area contributed by atoms with Crippen molar-refractivity contribution in [2.75, 3.05) is 31.5 Å². The van der Waals surface area contributed by atoms with Crippen molar-refractivity contribution < 1.29 is 4.79 Å². The van der Waals surface area contributed by atoms with Crippen LogP contribution in [0.2, 0.25) is 0 Å². The van der Waals surface area contributed by atoms with E-state index in [0.29, 0.717) is 11.7 Å². The molecule has 0 aliphatic carbocycles. The van der Waals surface area contributed by atoms with E-state index in [4.69, 9.17) is 0 Å². The van der Waals surface area contributed by atoms with Crippen molar-refractivity contribution in [2.45, 2.75) is 40.0 Å². The fourth-order valence-electron chi connectivity index (χ4n) is 1.59. The lowest BCUT2D eigenvalue weighted by Crippen LogP contribution is -2.36. The highest BCUT2D eigenvalue weighted by molar-refractivity contribution is 7.15. The van der Waals surface area contributed by atoms with Gasteiger partial charge in [-0.3, -0.25) is 5.32 Å². The molecular formula is C13H25N5OS. The Morgan fingerprint density at radius 3 is 2.40 bits per heavy atom. The number of nitrogens with one attached hydrogen (secondary N) is 2. The van der Waals surface area contributed by atoms with Gasteiger partial charge in [0, 0.05) is 18.5 Å². The number of hydrogen-bond donors (Lipinski definition) is 2. The van der Waals surface area contributed by atoms with Crippen LogP contribution in [0.15, 0.2) is 0 Å². The minimum absolute atomic E-state index is 0.0448. The maximum Gasteiger partial charge on any atom is 0.321 e. The van der Waals surface area contributed by atoms with Crippen LogP contribution in [0.25, 0.3) is 0 Å². The van der Waals surface area contributed by atoms with Gasteiger partial charge in [-0.2, -0.15) is 0 Å². The van der Waals surface area contributed by atoms with Crippen molar-refractivity contribution in [1.29, 1.82) is 0 Å². The summed E-state index contributed by atoms with van der Waals surface area (Å²) in [5.74, 6) is 0. The van der Waals surface area contributed by atoms with Gasteiger partial charge >= 0.3 is 6.03 Å². The summed E-state index contributed by atoms with van der Waals surface area (Å²) < 4.78 is 0. The van der Waals surface area contributed by atoms with Gasteiger partial charge in [0.25, 0.3) is 0 Å². The average molecular weight is 299 g/mol. The summed E-state index contributed by atoms with van der Waals surface area (Å²) in [5.41, 5.74) is -0.0448. The van der Waals surface area contributed by atoms with Gasteiger partial charge in [0.1, 0.15) is 5.01 Å². The Morgan fingerprint density at radius 1 is 1.25 bits per heavy atom. The number of nitrogens with zero attached hydrogens (tertiary/aromatic N) is 3. The first-order valence-electron chi connectivity index (χ1n) is 6.98. The zero-order chi connectivity index (χ0) is 15.2.